The van der Waals surface area contributed by atoms with Crippen LogP contribution in [0.2, 0.25) is 0 Å². The number of amides is 2. The Kier molecular flexibility index (Phi) is 3.01. The van der Waals surface area contributed by atoms with E-state index in [1.807, 2.05) is 50.2 Å². The highest BCUT2D eigenvalue weighted by Gasteiger charge is 2.32. The minimum atomic E-state index is -0.588. The second kappa shape index (κ2) is 4.74. The van der Waals surface area contributed by atoms with Gasteiger partial charge in [-0.1, -0.05) is 36.8 Å². The van der Waals surface area contributed by atoms with Gasteiger partial charge < -0.3 is 5.73 Å². The maximum atomic E-state index is 12.7. The van der Waals surface area contributed by atoms with Gasteiger partial charge in [-0.15, -0.1) is 0 Å². The Hall–Kier alpha value is -2.62. The van der Waals surface area contributed by atoms with Crippen LogP contribution in [0.3, 0.4) is 0 Å². The molecule has 1 atom stereocenters. The van der Waals surface area contributed by atoms with Crippen molar-refractivity contribution in [1.82, 2.24) is 0 Å². The Morgan fingerprint density at radius 2 is 1.90 bits per heavy atom. The predicted molar refractivity (Wildman–Crippen MR) is 135 cm³/mol. The molecule has 156 valence electrons. The summed E-state index contributed by atoms with van der Waals surface area (Å²) in [5.41, 5.74) is 9.13. The Morgan fingerprint density at radius 1 is 1.19 bits per heavy atom. The summed E-state index contributed by atoms with van der Waals surface area (Å²) in [7, 11) is 0. The molecule has 0 saturated carbocycles. The highest BCUT2D eigenvalue weighted by Crippen LogP contribution is 2.40. The smallest absolute Gasteiger partial charge is 0.323 e. The summed E-state index contributed by atoms with van der Waals surface area (Å²) in [6.07, 6.45) is 0. The molecule has 4 nitrogen and oxygen atoms in total. The van der Waals surface area contributed by atoms with E-state index in [4.69, 9.17) is 5.73 Å². The normalized spacial score (nSPS) is 17.0. The second-order valence-electron chi connectivity index (χ2n) is 5.34. The molecule has 2 amide bonds. The Labute approximate surface area is 160 Å². The largest absolute Gasteiger partial charge is 0.351 e. The van der Waals surface area contributed by atoms with E-state index in [2.05, 4.69) is 0 Å². The summed E-state index contributed by atoms with van der Waals surface area (Å²) in [5, 5.41) is 0. The van der Waals surface area contributed by atoms with Crippen LogP contribution < -0.4 is 10.6 Å². The SMILES string of the molecule is Cc1ccc2c(c1)C(=O)C(C)c1ccccc1N2C(N)=O.[HH].[HH].[HH].[HH].[HH].[HH].[HH].[HH].[HH].[HH].[HH].[HH].[HH].[HH].[HH].[HH].[HH].[HH].[HH].[HH].[HH].[HH].[HH].[HH].[HH]. The van der Waals surface area contributed by atoms with Crippen LogP contribution in [0.5, 0.6) is 0 Å². The fourth-order valence-electron chi connectivity index (χ4n) is 2.84. The van der Waals surface area contributed by atoms with Crippen LogP contribution in [0.25, 0.3) is 0 Å². The molecule has 1 heterocycles. The van der Waals surface area contributed by atoms with Crippen molar-refractivity contribution < 1.29 is 45.3 Å². The maximum absolute atomic E-state index is 12.7. The zero-order valence-electron chi connectivity index (χ0n) is 12.0. The number of benzene rings is 2. The molecule has 0 spiro atoms. The van der Waals surface area contributed by atoms with Gasteiger partial charge in [-0.25, -0.2) is 4.79 Å². The van der Waals surface area contributed by atoms with Gasteiger partial charge in [0.05, 0.1) is 11.4 Å². The van der Waals surface area contributed by atoms with E-state index in [1.54, 1.807) is 6.07 Å². The van der Waals surface area contributed by atoms with Crippen molar-refractivity contribution in [3.05, 3.63) is 59.2 Å². The molecule has 2 aromatic rings. The van der Waals surface area contributed by atoms with Crippen LogP contribution in [0, 0.1) is 6.92 Å². The highest BCUT2D eigenvalue weighted by molar-refractivity contribution is 6.13. The topological polar surface area (TPSA) is 63.4 Å². The molecule has 21 heavy (non-hydrogen) atoms. The number of urea groups is 1. The molecule has 0 bridgehead atoms. The standard InChI is InChI=1S/C17H16N2O2.25H2/c1-10-7-8-15-13(9-10)16(20)11(2)12-5-3-4-6-14(12)19(15)17(18)21;;;;;;;;;;;;;;;;;;;;;;;;;/h3-9,11H,1-2H3,(H2,18,21);25*1H. The molecule has 0 aliphatic carbocycles. The number of primary amides is 1. The zero-order valence-corrected chi connectivity index (χ0v) is 12.0. The van der Waals surface area contributed by atoms with Gasteiger partial charge in [-0.3, -0.25) is 9.69 Å². The molecule has 0 radical (unpaired) electrons. The summed E-state index contributed by atoms with van der Waals surface area (Å²) in [4.78, 5) is 26.1. The number of aryl methyl sites for hydroxylation is 1. The first-order valence-electron chi connectivity index (χ1n) is 6.84. The van der Waals surface area contributed by atoms with E-state index < -0.39 is 6.03 Å². The number of Topliss-reactive ketones (excluding diaryl/α,β-unsaturated/α-hetero) is 1. The molecule has 1 aliphatic heterocycles. The van der Waals surface area contributed by atoms with E-state index in [1.165, 1.54) is 4.90 Å². The number of fused-ring (bicyclic) bond motifs is 2. The number of rotatable bonds is 0. The van der Waals surface area contributed by atoms with Gasteiger partial charge >= 0.3 is 6.03 Å². The van der Waals surface area contributed by atoms with Gasteiger partial charge in [-0.05, 0) is 30.7 Å². The van der Waals surface area contributed by atoms with Crippen molar-refractivity contribution in [2.75, 3.05) is 4.90 Å². The molecule has 2 aromatic carbocycles. The summed E-state index contributed by atoms with van der Waals surface area (Å²) in [6, 6.07) is 12.3. The zero-order chi connectivity index (χ0) is 15.1. The van der Waals surface area contributed by atoms with Crippen LogP contribution in [0.4, 0.5) is 16.2 Å². The minimum absolute atomic E-state index is 0. The first-order chi connectivity index (χ1) is 10.0. The molecule has 2 N–H and O–H groups in total. The number of carbonyl (C=O) groups is 2. The van der Waals surface area contributed by atoms with E-state index >= 15 is 0 Å². The third kappa shape index (κ3) is 2.00. The Balaban J connectivity index is -0.0000000101. The highest BCUT2D eigenvalue weighted by atomic mass is 16.2. The van der Waals surface area contributed by atoms with Crippen LogP contribution in [-0.4, -0.2) is 11.8 Å². The molecular formula is C17H66N2O2. The Morgan fingerprint density at radius 3 is 2.62 bits per heavy atom. The van der Waals surface area contributed by atoms with Crippen LogP contribution in [-0.2, 0) is 0 Å². The molecule has 4 heteroatoms. The van der Waals surface area contributed by atoms with Gasteiger partial charge in [0, 0.05) is 47.1 Å². The number of carbonyl (C=O) groups excluding carboxylic acids is 2. The van der Waals surface area contributed by atoms with E-state index in [-0.39, 0.29) is 47.4 Å². The van der Waals surface area contributed by atoms with E-state index in [0.29, 0.717) is 16.9 Å². The van der Waals surface area contributed by atoms with Crippen LogP contribution >= 0.6 is 0 Å². The first-order valence-corrected chi connectivity index (χ1v) is 6.84. The summed E-state index contributed by atoms with van der Waals surface area (Å²) in [5.74, 6) is -0.309. The Bertz CT molecular complexity index is 798. The van der Waals surface area contributed by atoms with Gasteiger partial charge in [-0.2, -0.15) is 0 Å². The maximum Gasteiger partial charge on any atom is 0.323 e. The van der Waals surface area contributed by atoms with Crippen molar-refractivity contribution in [1.29, 1.82) is 0 Å². The predicted octanol–water partition coefficient (Wildman–Crippen LogP) is 9.66. The molecule has 0 fully saturated rings. The van der Waals surface area contributed by atoms with Gasteiger partial charge in [0.15, 0.2) is 5.78 Å². The number of nitrogens with two attached hydrogens (primary N) is 1. The number of anilines is 2. The molecular weight excluding hydrogens is 264 g/mol. The average molecular weight is 331 g/mol. The number of ketones is 1. The number of nitrogens with zero attached hydrogens (tertiary/aromatic N) is 1. The van der Waals surface area contributed by atoms with Crippen molar-refractivity contribution in [3.63, 3.8) is 0 Å². The third-order valence-electron chi connectivity index (χ3n) is 3.92. The van der Waals surface area contributed by atoms with Crippen molar-refractivity contribution in [2.24, 2.45) is 5.73 Å². The lowest BCUT2D eigenvalue weighted by atomic mass is 9.92. The number of hydrogen-bond acceptors (Lipinski definition) is 2. The number of para-hydroxylation sites is 1. The molecule has 0 aromatic heterocycles. The fraction of sp³-hybridized carbons (Fsp3) is 0.176. The molecule has 0 saturated heterocycles. The fourth-order valence-corrected chi connectivity index (χ4v) is 2.84. The average Bonchev–Trinajstić information content (AvgIpc) is 2.55. The quantitative estimate of drug-likeness (QED) is 0.522. The second-order valence-corrected chi connectivity index (χ2v) is 5.34. The third-order valence-corrected chi connectivity index (χ3v) is 3.92. The van der Waals surface area contributed by atoms with Crippen molar-refractivity contribution >= 4 is 23.2 Å². The van der Waals surface area contributed by atoms with Crippen molar-refractivity contribution in [2.45, 2.75) is 19.8 Å². The van der Waals surface area contributed by atoms with Crippen LogP contribution in [0.1, 0.15) is 70.0 Å². The summed E-state index contributed by atoms with van der Waals surface area (Å²) in [6.45, 7) is 3.78. The van der Waals surface area contributed by atoms with Gasteiger partial charge in [0.2, 0.25) is 0 Å². The van der Waals surface area contributed by atoms with Gasteiger partial charge in [0.25, 0.3) is 0 Å². The van der Waals surface area contributed by atoms with Gasteiger partial charge in [0.1, 0.15) is 0 Å². The minimum Gasteiger partial charge on any atom is -0.351 e. The number of hydrogen-bond donors (Lipinski definition) is 1. The molecule has 3 rings (SSSR count). The van der Waals surface area contributed by atoms with Crippen molar-refractivity contribution in [3.8, 4) is 0 Å². The van der Waals surface area contributed by atoms with Crippen LogP contribution in [0.15, 0.2) is 42.5 Å². The lowest BCUT2D eigenvalue weighted by molar-refractivity contribution is 0.0968. The monoisotopic (exact) mass is 331 g/mol. The molecule has 1 unspecified atom stereocenters. The van der Waals surface area contributed by atoms with E-state index in [0.717, 1.165) is 11.1 Å². The summed E-state index contributed by atoms with van der Waals surface area (Å²) < 4.78 is 0. The lowest BCUT2D eigenvalue weighted by Crippen LogP contribution is -2.32. The lowest BCUT2D eigenvalue weighted by Gasteiger charge is -2.22. The summed E-state index contributed by atoms with van der Waals surface area (Å²) >= 11 is 0. The first kappa shape index (κ1) is 13.4. The van der Waals surface area contributed by atoms with E-state index in [9.17, 15) is 9.59 Å². The molecule has 1 aliphatic rings.